The Morgan fingerprint density at radius 2 is 1.95 bits per heavy atom. The molecule has 1 aromatic rings. The Kier molecular flexibility index (Phi) is 5.86. The second-order valence-corrected chi connectivity index (χ2v) is 5.53. The summed E-state index contributed by atoms with van der Waals surface area (Å²) < 4.78 is 0. The van der Waals surface area contributed by atoms with Crippen LogP contribution in [0.25, 0.3) is 0 Å². The quantitative estimate of drug-likeness (QED) is 0.813. The molecular weight excluding hydrogens is 250 g/mol. The van der Waals surface area contributed by atoms with Gasteiger partial charge in [-0.05, 0) is 31.0 Å². The van der Waals surface area contributed by atoms with E-state index >= 15 is 0 Å². The van der Waals surface area contributed by atoms with Crippen LogP contribution >= 0.6 is 0 Å². The molecule has 1 rings (SSSR count). The van der Waals surface area contributed by atoms with Crippen molar-refractivity contribution in [2.24, 2.45) is 5.92 Å². The number of nitrogens with zero attached hydrogens (tertiary/aromatic N) is 2. The third-order valence-electron chi connectivity index (χ3n) is 3.63. The minimum atomic E-state index is 0.0591. The zero-order valence-corrected chi connectivity index (χ0v) is 13.3. The van der Waals surface area contributed by atoms with E-state index in [1.807, 2.05) is 43.0 Å². The average Bonchev–Trinajstić information content (AvgIpc) is 2.43. The number of nitrogen functional groups attached to an aromatic ring is 1. The van der Waals surface area contributed by atoms with Crippen LogP contribution in [0.5, 0.6) is 0 Å². The molecule has 1 atom stereocenters. The average molecular weight is 277 g/mol. The standard InChI is InChI=1S/C16H27N3O/c1-6-12(3)11-19(7-2)16(20)14-10-13(17)8-9-15(14)18(4)5/h8-10,12H,6-7,11,17H2,1-5H3. The third kappa shape index (κ3) is 3.89. The van der Waals surface area contributed by atoms with Gasteiger partial charge in [0.05, 0.1) is 5.56 Å². The highest BCUT2D eigenvalue weighted by atomic mass is 16.2. The molecule has 0 aliphatic heterocycles. The molecule has 0 saturated heterocycles. The smallest absolute Gasteiger partial charge is 0.256 e. The summed E-state index contributed by atoms with van der Waals surface area (Å²) >= 11 is 0. The van der Waals surface area contributed by atoms with Gasteiger partial charge in [-0.25, -0.2) is 0 Å². The molecule has 2 N–H and O–H groups in total. The minimum absolute atomic E-state index is 0.0591. The first kappa shape index (κ1) is 16.3. The second-order valence-electron chi connectivity index (χ2n) is 5.53. The summed E-state index contributed by atoms with van der Waals surface area (Å²) in [7, 11) is 3.88. The summed E-state index contributed by atoms with van der Waals surface area (Å²) in [6.45, 7) is 7.83. The van der Waals surface area contributed by atoms with Gasteiger partial charge in [-0.3, -0.25) is 4.79 Å². The van der Waals surface area contributed by atoms with E-state index in [4.69, 9.17) is 5.73 Å². The molecule has 0 aliphatic rings. The molecule has 0 aliphatic carbocycles. The van der Waals surface area contributed by atoms with Crippen LogP contribution in [0.4, 0.5) is 11.4 Å². The van der Waals surface area contributed by atoms with Crippen molar-refractivity contribution in [3.63, 3.8) is 0 Å². The van der Waals surface area contributed by atoms with Crippen LogP contribution in [0.3, 0.4) is 0 Å². The maximum absolute atomic E-state index is 12.7. The first-order valence-corrected chi connectivity index (χ1v) is 7.26. The van der Waals surface area contributed by atoms with Gasteiger partial charge in [0.2, 0.25) is 0 Å². The largest absolute Gasteiger partial charge is 0.399 e. The van der Waals surface area contributed by atoms with Crippen LogP contribution in [-0.4, -0.2) is 38.0 Å². The van der Waals surface area contributed by atoms with Gasteiger partial charge in [0.25, 0.3) is 5.91 Å². The highest BCUT2D eigenvalue weighted by Gasteiger charge is 2.20. The van der Waals surface area contributed by atoms with Crippen molar-refractivity contribution in [1.82, 2.24) is 4.90 Å². The number of amides is 1. The van der Waals surface area contributed by atoms with Crippen molar-refractivity contribution in [3.05, 3.63) is 23.8 Å². The molecule has 0 radical (unpaired) electrons. The van der Waals surface area contributed by atoms with Gasteiger partial charge >= 0.3 is 0 Å². The van der Waals surface area contributed by atoms with E-state index in [1.54, 1.807) is 6.07 Å². The molecule has 0 saturated carbocycles. The van der Waals surface area contributed by atoms with Gasteiger partial charge < -0.3 is 15.5 Å². The molecule has 4 heteroatoms. The summed E-state index contributed by atoms with van der Waals surface area (Å²) in [6.07, 6.45) is 1.07. The van der Waals surface area contributed by atoms with E-state index in [9.17, 15) is 4.79 Å². The molecule has 0 spiro atoms. The number of hydrogen-bond acceptors (Lipinski definition) is 3. The molecule has 0 heterocycles. The van der Waals surface area contributed by atoms with Crippen LogP contribution in [0, 0.1) is 5.92 Å². The summed E-state index contributed by atoms with van der Waals surface area (Å²) in [6, 6.07) is 5.51. The van der Waals surface area contributed by atoms with Crippen LogP contribution in [0.2, 0.25) is 0 Å². The van der Waals surface area contributed by atoms with E-state index in [-0.39, 0.29) is 5.91 Å². The molecule has 0 bridgehead atoms. The molecule has 0 aromatic heterocycles. The molecule has 4 nitrogen and oxygen atoms in total. The lowest BCUT2D eigenvalue weighted by atomic mass is 10.1. The van der Waals surface area contributed by atoms with Gasteiger partial charge in [-0.2, -0.15) is 0 Å². The predicted molar refractivity (Wildman–Crippen MR) is 86.2 cm³/mol. The third-order valence-corrected chi connectivity index (χ3v) is 3.63. The highest BCUT2D eigenvalue weighted by Crippen LogP contribution is 2.23. The van der Waals surface area contributed by atoms with Crippen molar-refractivity contribution >= 4 is 17.3 Å². The van der Waals surface area contributed by atoms with Crippen LogP contribution in [-0.2, 0) is 0 Å². The van der Waals surface area contributed by atoms with Crippen LogP contribution in [0.15, 0.2) is 18.2 Å². The zero-order chi connectivity index (χ0) is 15.3. The topological polar surface area (TPSA) is 49.6 Å². The Balaban J connectivity index is 3.08. The number of anilines is 2. The van der Waals surface area contributed by atoms with Crippen molar-refractivity contribution in [3.8, 4) is 0 Å². The first-order chi connectivity index (χ1) is 9.40. The van der Waals surface area contributed by atoms with Gasteiger partial charge in [0.1, 0.15) is 0 Å². The highest BCUT2D eigenvalue weighted by molar-refractivity contribution is 6.00. The van der Waals surface area contributed by atoms with Gasteiger partial charge in [-0.1, -0.05) is 20.3 Å². The van der Waals surface area contributed by atoms with Crippen LogP contribution in [0.1, 0.15) is 37.6 Å². The Bertz CT molecular complexity index is 457. The lowest BCUT2D eigenvalue weighted by molar-refractivity contribution is 0.0741. The Morgan fingerprint density at radius 1 is 1.30 bits per heavy atom. The normalized spacial score (nSPS) is 12.1. The van der Waals surface area contributed by atoms with Crippen molar-refractivity contribution in [2.45, 2.75) is 27.2 Å². The van der Waals surface area contributed by atoms with Gasteiger partial charge in [-0.15, -0.1) is 0 Å². The lowest BCUT2D eigenvalue weighted by Gasteiger charge is -2.26. The molecule has 1 aromatic carbocycles. The Hall–Kier alpha value is -1.71. The molecule has 112 valence electrons. The molecule has 1 unspecified atom stereocenters. The molecular formula is C16H27N3O. The number of nitrogens with two attached hydrogens (primary N) is 1. The van der Waals surface area contributed by atoms with Gasteiger partial charge in [0.15, 0.2) is 0 Å². The summed E-state index contributed by atoms with van der Waals surface area (Å²) in [4.78, 5) is 16.6. The van der Waals surface area contributed by atoms with E-state index < -0.39 is 0 Å². The maximum Gasteiger partial charge on any atom is 0.256 e. The monoisotopic (exact) mass is 277 g/mol. The summed E-state index contributed by atoms with van der Waals surface area (Å²) in [5.74, 6) is 0.562. The zero-order valence-electron chi connectivity index (χ0n) is 13.3. The molecule has 20 heavy (non-hydrogen) atoms. The molecule has 0 fully saturated rings. The van der Waals surface area contributed by atoms with Crippen molar-refractivity contribution in [1.29, 1.82) is 0 Å². The van der Waals surface area contributed by atoms with Crippen LogP contribution < -0.4 is 10.6 Å². The summed E-state index contributed by atoms with van der Waals surface area (Å²) in [5, 5.41) is 0. The Morgan fingerprint density at radius 3 is 2.45 bits per heavy atom. The lowest BCUT2D eigenvalue weighted by Crippen LogP contribution is -2.35. The number of hydrogen-bond donors (Lipinski definition) is 1. The van der Waals surface area contributed by atoms with Gasteiger partial charge in [0, 0.05) is 38.6 Å². The number of rotatable bonds is 6. The van der Waals surface area contributed by atoms with E-state index in [1.165, 1.54) is 0 Å². The SMILES string of the molecule is CCC(C)CN(CC)C(=O)c1cc(N)ccc1N(C)C. The molecule has 1 amide bonds. The fourth-order valence-electron chi connectivity index (χ4n) is 2.15. The number of carbonyl (C=O) groups excluding carboxylic acids is 1. The van der Waals surface area contributed by atoms with Crippen molar-refractivity contribution < 1.29 is 4.79 Å². The Labute approximate surface area is 122 Å². The first-order valence-electron chi connectivity index (χ1n) is 7.26. The second kappa shape index (κ2) is 7.17. The fourth-order valence-corrected chi connectivity index (χ4v) is 2.15. The van der Waals surface area contributed by atoms with Crippen molar-refractivity contribution in [2.75, 3.05) is 37.8 Å². The summed E-state index contributed by atoms with van der Waals surface area (Å²) in [5.41, 5.74) is 8.06. The van der Waals surface area contributed by atoms with E-state index in [0.717, 1.165) is 18.7 Å². The van der Waals surface area contributed by atoms with E-state index in [2.05, 4.69) is 13.8 Å². The number of carbonyl (C=O) groups is 1. The maximum atomic E-state index is 12.7. The fraction of sp³-hybridized carbons (Fsp3) is 0.562. The number of benzene rings is 1. The predicted octanol–water partition coefficient (Wildman–Crippen LogP) is 2.84. The van der Waals surface area contributed by atoms with E-state index in [0.29, 0.717) is 23.7 Å². The minimum Gasteiger partial charge on any atom is -0.399 e.